The van der Waals surface area contributed by atoms with Crippen molar-refractivity contribution in [1.29, 1.82) is 0 Å². The van der Waals surface area contributed by atoms with Gasteiger partial charge >= 0.3 is 0 Å². The molecule has 0 aliphatic carbocycles. The Balaban J connectivity index is 2.24. The SMILES string of the molecule is CNC(C)c1csc(-c2ccc(OC)nn2)n1. The van der Waals surface area contributed by atoms with Crippen molar-refractivity contribution in [2.24, 2.45) is 0 Å². The van der Waals surface area contributed by atoms with Crippen LogP contribution < -0.4 is 10.1 Å². The van der Waals surface area contributed by atoms with Gasteiger partial charge in [0.2, 0.25) is 5.88 Å². The molecule has 2 aromatic rings. The van der Waals surface area contributed by atoms with Crippen LogP contribution in [0.25, 0.3) is 10.7 Å². The second-order valence-electron chi connectivity index (χ2n) is 3.55. The van der Waals surface area contributed by atoms with Crippen LogP contribution in [0.2, 0.25) is 0 Å². The van der Waals surface area contributed by atoms with Gasteiger partial charge in [-0.05, 0) is 20.0 Å². The van der Waals surface area contributed by atoms with Gasteiger partial charge in [-0.25, -0.2) is 4.98 Å². The third kappa shape index (κ3) is 2.59. The van der Waals surface area contributed by atoms with Crippen molar-refractivity contribution in [2.75, 3.05) is 14.2 Å². The van der Waals surface area contributed by atoms with Crippen molar-refractivity contribution in [3.8, 4) is 16.6 Å². The van der Waals surface area contributed by atoms with Crippen LogP contribution in [0.5, 0.6) is 5.88 Å². The van der Waals surface area contributed by atoms with Crippen molar-refractivity contribution in [2.45, 2.75) is 13.0 Å². The minimum absolute atomic E-state index is 0.242. The smallest absolute Gasteiger partial charge is 0.233 e. The molecule has 0 fully saturated rings. The number of thiazole rings is 1. The molecule has 0 aliphatic rings. The summed E-state index contributed by atoms with van der Waals surface area (Å²) in [5.41, 5.74) is 1.79. The Labute approximate surface area is 104 Å². The molecule has 0 saturated carbocycles. The third-order valence-electron chi connectivity index (χ3n) is 2.47. The predicted molar refractivity (Wildman–Crippen MR) is 67.2 cm³/mol. The Morgan fingerprint density at radius 3 is 2.76 bits per heavy atom. The highest BCUT2D eigenvalue weighted by Crippen LogP contribution is 2.24. The minimum Gasteiger partial charge on any atom is -0.480 e. The molecule has 17 heavy (non-hydrogen) atoms. The number of nitrogens with zero attached hydrogens (tertiary/aromatic N) is 3. The van der Waals surface area contributed by atoms with Crippen molar-refractivity contribution < 1.29 is 4.74 Å². The van der Waals surface area contributed by atoms with Crippen molar-refractivity contribution >= 4 is 11.3 Å². The molecule has 0 spiro atoms. The molecule has 2 heterocycles. The fourth-order valence-corrected chi connectivity index (χ4v) is 2.17. The molecular formula is C11H14N4OS. The molecule has 0 aromatic carbocycles. The lowest BCUT2D eigenvalue weighted by molar-refractivity contribution is 0.392. The summed E-state index contributed by atoms with van der Waals surface area (Å²) in [6.07, 6.45) is 0. The summed E-state index contributed by atoms with van der Waals surface area (Å²) >= 11 is 1.57. The Bertz CT molecular complexity index is 482. The fourth-order valence-electron chi connectivity index (χ4n) is 1.29. The number of hydrogen-bond acceptors (Lipinski definition) is 6. The molecule has 1 unspecified atom stereocenters. The predicted octanol–water partition coefficient (Wildman–Crippen LogP) is 1.89. The van der Waals surface area contributed by atoms with Gasteiger partial charge in [-0.2, -0.15) is 0 Å². The molecule has 0 radical (unpaired) electrons. The van der Waals surface area contributed by atoms with Gasteiger partial charge in [-0.15, -0.1) is 21.5 Å². The van der Waals surface area contributed by atoms with Crippen LogP contribution in [0.15, 0.2) is 17.5 Å². The normalized spacial score (nSPS) is 12.4. The quantitative estimate of drug-likeness (QED) is 0.898. The zero-order valence-electron chi connectivity index (χ0n) is 9.97. The van der Waals surface area contributed by atoms with Crippen LogP contribution in [-0.2, 0) is 0 Å². The largest absolute Gasteiger partial charge is 0.480 e. The molecular weight excluding hydrogens is 236 g/mol. The summed E-state index contributed by atoms with van der Waals surface area (Å²) in [5, 5.41) is 14.1. The van der Waals surface area contributed by atoms with Crippen molar-refractivity contribution in [3.05, 3.63) is 23.2 Å². The topological polar surface area (TPSA) is 59.9 Å². The average Bonchev–Trinajstić information content (AvgIpc) is 2.87. The molecule has 1 atom stereocenters. The van der Waals surface area contributed by atoms with Crippen LogP contribution >= 0.6 is 11.3 Å². The van der Waals surface area contributed by atoms with E-state index in [0.717, 1.165) is 16.4 Å². The van der Waals surface area contributed by atoms with E-state index in [1.165, 1.54) is 0 Å². The molecule has 0 amide bonds. The third-order valence-corrected chi connectivity index (χ3v) is 3.35. The lowest BCUT2D eigenvalue weighted by atomic mass is 10.3. The summed E-state index contributed by atoms with van der Waals surface area (Å²) in [6.45, 7) is 2.07. The summed E-state index contributed by atoms with van der Waals surface area (Å²) in [7, 11) is 3.48. The number of hydrogen-bond donors (Lipinski definition) is 1. The van der Waals surface area contributed by atoms with E-state index in [-0.39, 0.29) is 6.04 Å². The van der Waals surface area contributed by atoms with Crippen LogP contribution in [-0.4, -0.2) is 29.3 Å². The van der Waals surface area contributed by atoms with E-state index >= 15 is 0 Å². The lowest BCUT2D eigenvalue weighted by Gasteiger charge is -2.04. The maximum atomic E-state index is 4.97. The fraction of sp³-hybridized carbons (Fsp3) is 0.364. The molecule has 2 aromatic heterocycles. The number of nitrogens with one attached hydrogen (secondary N) is 1. The molecule has 0 saturated heterocycles. The molecule has 0 aliphatic heterocycles. The monoisotopic (exact) mass is 250 g/mol. The van der Waals surface area contributed by atoms with E-state index in [9.17, 15) is 0 Å². The van der Waals surface area contributed by atoms with E-state index in [2.05, 4.69) is 27.4 Å². The van der Waals surface area contributed by atoms with E-state index in [0.29, 0.717) is 5.88 Å². The van der Waals surface area contributed by atoms with E-state index < -0.39 is 0 Å². The standard InChI is InChI=1S/C11H14N4OS/c1-7(12-2)9-6-17-11(13-9)8-4-5-10(16-3)15-14-8/h4-7,12H,1-3H3. The Morgan fingerprint density at radius 2 is 2.18 bits per heavy atom. The maximum absolute atomic E-state index is 4.97. The van der Waals surface area contributed by atoms with Gasteiger partial charge in [0.25, 0.3) is 0 Å². The molecule has 1 N–H and O–H groups in total. The van der Waals surface area contributed by atoms with Crippen LogP contribution in [0.3, 0.4) is 0 Å². The average molecular weight is 250 g/mol. The first-order valence-corrected chi connectivity index (χ1v) is 6.13. The molecule has 90 valence electrons. The molecule has 5 nitrogen and oxygen atoms in total. The van der Waals surface area contributed by atoms with Gasteiger partial charge in [0.1, 0.15) is 10.7 Å². The summed E-state index contributed by atoms with van der Waals surface area (Å²) < 4.78 is 4.97. The Hall–Kier alpha value is -1.53. The molecule has 0 bridgehead atoms. The van der Waals surface area contributed by atoms with Crippen LogP contribution in [0.4, 0.5) is 0 Å². The lowest BCUT2D eigenvalue weighted by Crippen LogP contribution is -2.12. The van der Waals surface area contributed by atoms with Gasteiger partial charge in [0.05, 0.1) is 12.8 Å². The second-order valence-corrected chi connectivity index (χ2v) is 4.41. The molecule has 6 heteroatoms. The maximum Gasteiger partial charge on any atom is 0.233 e. The number of ether oxygens (including phenoxy) is 1. The number of rotatable bonds is 4. The van der Waals surface area contributed by atoms with Crippen LogP contribution in [0.1, 0.15) is 18.7 Å². The first-order valence-electron chi connectivity index (χ1n) is 5.25. The highest BCUT2D eigenvalue weighted by Gasteiger charge is 2.10. The Morgan fingerprint density at radius 1 is 1.35 bits per heavy atom. The van der Waals surface area contributed by atoms with E-state index in [1.807, 2.05) is 18.5 Å². The first-order chi connectivity index (χ1) is 8.24. The van der Waals surface area contributed by atoms with Gasteiger partial charge in [-0.1, -0.05) is 0 Å². The number of methoxy groups -OCH3 is 1. The van der Waals surface area contributed by atoms with Gasteiger partial charge in [-0.3, -0.25) is 0 Å². The van der Waals surface area contributed by atoms with Gasteiger partial charge < -0.3 is 10.1 Å². The van der Waals surface area contributed by atoms with E-state index in [1.54, 1.807) is 24.5 Å². The zero-order valence-corrected chi connectivity index (χ0v) is 10.8. The highest BCUT2D eigenvalue weighted by molar-refractivity contribution is 7.13. The number of aromatic nitrogens is 3. The van der Waals surface area contributed by atoms with Crippen molar-refractivity contribution in [1.82, 2.24) is 20.5 Å². The van der Waals surface area contributed by atoms with E-state index in [4.69, 9.17) is 4.74 Å². The summed E-state index contributed by atoms with van der Waals surface area (Å²) in [6, 6.07) is 3.88. The van der Waals surface area contributed by atoms with Crippen molar-refractivity contribution in [3.63, 3.8) is 0 Å². The first kappa shape index (κ1) is 11.9. The summed E-state index contributed by atoms with van der Waals surface area (Å²) in [4.78, 5) is 4.52. The Kier molecular flexibility index (Phi) is 3.65. The molecule has 2 rings (SSSR count). The second kappa shape index (κ2) is 5.20. The zero-order chi connectivity index (χ0) is 12.3. The highest BCUT2D eigenvalue weighted by atomic mass is 32.1. The van der Waals surface area contributed by atoms with Crippen LogP contribution in [0, 0.1) is 0 Å². The summed E-state index contributed by atoms with van der Waals surface area (Å²) in [5.74, 6) is 0.508. The van der Waals surface area contributed by atoms with Gasteiger partial charge in [0.15, 0.2) is 0 Å². The minimum atomic E-state index is 0.242. The van der Waals surface area contributed by atoms with Gasteiger partial charge in [0, 0.05) is 17.5 Å².